The Bertz CT molecular complexity index is 186. The van der Waals surface area contributed by atoms with Crippen LogP contribution in [0.2, 0.25) is 0 Å². The lowest BCUT2D eigenvalue weighted by molar-refractivity contribution is -0.164. The predicted molar refractivity (Wildman–Crippen MR) is 49.6 cm³/mol. The predicted octanol–water partition coefficient (Wildman–Crippen LogP) is 1.87. The fourth-order valence-electron chi connectivity index (χ4n) is 0.990. The van der Waals surface area contributed by atoms with Crippen molar-refractivity contribution in [2.75, 3.05) is 6.54 Å². The number of aliphatic carboxylic acids is 1. The summed E-state index contributed by atoms with van der Waals surface area (Å²) in [7, 11) is 0. The molecule has 0 aliphatic rings. The van der Waals surface area contributed by atoms with E-state index >= 15 is 0 Å². The Kier molecular flexibility index (Phi) is 5.60. The Balaban J connectivity index is 3.75. The maximum absolute atomic E-state index is 12.6. The number of hydrogen-bond acceptors (Lipinski definition) is 2. The van der Waals surface area contributed by atoms with Crippen molar-refractivity contribution in [2.24, 2.45) is 0 Å². The highest BCUT2D eigenvalue weighted by Crippen LogP contribution is 2.12. The molecule has 14 heavy (non-hydrogen) atoms. The number of unbranched alkanes of at least 4 members (excludes halogenated alkanes) is 1. The monoisotopic (exact) mass is 209 g/mol. The van der Waals surface area contributed by atoms with Crippen LogP contribution in [-0.2, 0) is 4.79 Å². The minimum Gasteiger partial charge on any atom is -0.477 e. The van der Waals surface area contributed by atoms with Crippen LogP contribution >= 0.6 is 0 Å². The molecule has 5 heteroatoms. The molecule has 0 fully saturated rings. The molecule has 3 nitrogen and oxygen atoms in total. The maximum atomic E-state index is 12.6. The molecule has 0 aliphatic heterocycles. The van der Waals surface area contributed by atoms with Gasteiger partial charge in [0.25, 0.3) is 0 Å². The van der Waals surface area contributed by atoms with Gasteiger partial charge in [-0.1, -0.05) is 19.8 Å². The molecule has 0 rings (SSSR count). The van der Waals surface area contributed by atoms with Crippen molar-refractivity contribution in [1.82, 2.24) is 5.32 Å². The molecule has 0 aromatic rings. The fourth-order valence-corrected chi connectivity index (χ4v) is 0.990. The van der Waals surface area contributed by atoms with E-state index in [0.29, 0.717) is 0 Å². The number of nitrogens with one attached hydrogen (secondary N) is 1. The Hall–Kier alpha value is -0.710. The van der Waals surface area contributed by atoms with Gasteiger partial charge in [0.1, 0.15) is 0 Å². The van der Waals surface area contributed by atoms with Crippen LogP contribution in [0.15, 0.2) is 0 Å². The van der Waals surface area contributed by atoms with Crippen LogP contribution in [0.4, 0.5) is 8.78 Å². The van der Waals surface area contributed by atoms with Crippen molar-refractivity contribution in [2.45, 2.75) is 45.1 Å². The zero-order valence-corrected chi connectivity index (χ0v) is 8.52. The van der Waals surface area contributed by atoms with Crippen molar-refractivity contribution in [1.29, 1.82) is 0 Å². The standard InChI is InChI=1S/C9H17F2NO2/c1-3-4-5-7(2)12-6-9(10,11)8(13)14/h7,12H,3-6H2,1-2H3,(H,13,14). The molecule has 0 heterocycles. The second kappa shape index (κ2) is 5.90. The van der Waals surface area contributed by atoms with Crippen LogP contribution in [0.3, 0.4) is 0 Å². The Morgan fingerprint density at radius 3 is 2.57 bits per heavy atom. The maximum Gasteiger partial charge on any atom is 0.375 e. The molecule has 0 amide bonds. The van der Waals surface area contributed by atoms with Gasteiger partial charge in [-0.25, -0.2) is 4.79 Å². The molecule has 2 N–H and O–H groups in total. The summed E-state index contributed by atoms with van der Waals surface area (Å²) in [6.45, 7) is 2.99. The number of carbonyl (C=O) groups is 1. The summed E-state index contributed by atoms with van der Waals surface area (Å²) < 4.78 is 25.1. The van der Waals surface area contributed by atoms with E-state index in [0.717, 1.165) is 19.3 Å². The lowest BCUT2D eigenvalue weighted by Gasteiger charge is -2.17. The van der Waals surface area contributed by atoms with E-state index in [4.69, 9.17) is 5.11 Å². The molecular weight excluding hydrogens is 192 g/mol. The molecule has 0 aliphatic carbocycles. The molecule has 0 aromatic heterocycles. The first-order chi connectivity index (χ1) is 6.40. The van der Waals surface area contributed by atoms with E-state index in [9.17, 15) is 13.6 Å². The van der Waals surface area contributed by atoms with Crippen LogP contribution in [0, 0.1) is 0 Å². The summed E-state index contributed by atoms with van der Waals surface area (Å²) in [4.78, 5) is 10.1. The molecular formula is C9H17F2NO2. The zero-order valence-electron chi connectivity index (χ0n) is 8.52. The molecule has 0 bridgehead atoms. The van der Waals surface area contributed by atoms with Crippen LogP contribution in [0.1, 0.15) is 33.1 Å². The smallest absolute Gasteiger partial charge is 0.375 e. The van der Waals surface area contributed by atoms with Crippen molar-refractivity contribution in [3.63, 3.8) is 0 Å². The molecule has 1 atom stereocenters. The van der Waals surface area contributed by atoms with Crippen LogP contribution < -0.4 is 5.32 Å². The molecule has 0 spiro atoms. The highest BCUT2D eigenvalue weighted by atomic mass is 19.3. The second-order valence-electron chi connectivity index (χ2n) is 3.43. The zero-order chi connectivity index (χ0) is 11.2. The number of halogens is 2. The van der Waals surface area contributed by atoms with Crippen LogP contribution in [0.5, 0.6) is 0 Å². The average Bonchev–Trinajstić information content (AvgIpc) is 2.11. The highest BCUT2D eigenvalue weighted by Gasteiger charge is 2.38. The summed E-state index contributed by atoms with van der Waals surface area (Å²) >= 11 is 0. The average molecular weight is 209 g/mol. The van der Waals surface area contributed by atoms with E-state index < -0.39 is 18.4 Å². The number of alkyl halides is 2. The largest absolute Gasteiger partial charge is 0.477 e. The lowest BCUT2D eigenvalue weighted by atomic mass is 10.1. The normalized spacial score (nSPS) is 14.0. The van der Waals surface area contributed by atoms with E-state index in [1.807, 2.05) is 6.92 Å². The minimum atomic E-state index is -3.67. The summed E-state index contributed by atoms with van der Waals surface area (Å²) in [5.41, 5.74) is 0. The summed E-state index contributed by atoms with van der Waals surface area (Å²) in [6, 6.07) is -0.0693. The first-order valence-electron chi connectivity index (χ1n) is 4.74. The molecule has 0 aromatic carbocycles. The topological polar surface area (TPSA) is 49.3 Å². The van der Waals surface area contributed by atoms with Crippen molar-refractivity contribution >= 4 is 5.97 Å². The van der Waals surface area contributed by atoms with Gasteiger partial charge in [0.2, 0.25) is 0 Å². The summed E-state index contributed by atoms with van der Waals surface area (Å²) in [5.74, 6) is -5.74. The highest BCUT2D eigenvalue weighted by molar-refractivity contribution is 5.75. The van der Waals surface area contributed by atoms with E-state index in [1.165, 1.54) is 0 Å². The summed E-state index contributed by atoms with van der Waals surface area (Å²) in [6.07, 6.45) is 2.74. The quantitative estimate of drug-likeness (QED) is 0.673. The number of hydrogen-bond donors (Lipinski definition) is 2. The second-order valence-corrected chi connectivity index (χ2v) is 3.43. The van der Waals surface area contributed by atoms with Crippen LogP contribution in [-0.4, -0.2) is 29.6 Å². The van der Waals surface area contributed by atoms with E-state index in [1.54, 1.807) is 6.92 Å². The number of carboxylic acids is 1. The Morgan fingerprint density at radius 2 is 2.14 bits per heavy atom. The lowest BCUT2D eigenvalue weighted by Crippen LogP contribution is -2.42. The molecule has 0 saturated heterocycles. The molecule has 0 saturated carbocycles. The Morgan fingerprint density at radius 1 is 1.57 bits per heavy atom. The third-order valence-corrected chi connectivity index (χ3v) is 1.98. The molecule has 0 radical (unpaired) electrons. The van der Waals surface area contributed by atoms with Gasteiger partial charge in [-0.15, -0.1) is 0 Å². The minimum absolute atomic E-state index is 0.0693. The Labute approximate surface area is 82.5 Å². The van der Waals surface area contributed by atoms with Gasteiger partial charge in [-0.3, -0.25) is 0 Å². The third kappa shape index (κ3) is 5.11. The first-order valence-corrected chi connectivity index (χ1v) is 4.74. The van der Waals surface area contributed by atoms with Crippen molar-refractivity contribution in [3.8, 4) is 0 Å². The van der Waals surface area contributed by atoms with Gasteiger partial charge in [-0.2, -0.15) is 8.78 Å². The number of carboxylic acid groups (broad SMARTS) is 1. The van der Waals surface area contributed by atoms with E-state index in [2.05, 4.69) is 5.32 Å². The van der Waals surface area contributed by atoms with Gasteiger partial charge >= 0.3 is 11.9 Å². The van der Waals surface area contributed by atoms with E-state index in [-0.39, 0.29) is 6.04 Å². The van der Waals surface area contributed by atoms with Gasteiger partial charge in [0, 0.05) is 6.04 Å². The third-order valence-electron chi connectivity index (χ3n) is 1.98. The van der Waals surface area contributed by atoms with Crippen molar-refractivity contribution < 1.29 is 18.7 Å². The fraction of sp³-hybridized carbons (Fsp3) is 0.889. The van der Waals surface area contributed by atoms with Crippen LogP contribution in [0.25, 0.3) is 0 Å². The van der Waals surface area contributed by atoms with Gasteiger partial charge in [0.05, 0.1) is 6.54 Å². The first kappa shape index (κ1) is 13.3. The summed E-state index contributed by atoms with van der Waals surface area (Å²) in [5, 5.41) is 10.6. The SMILES string of the molecule is CCCCC(C)NCC(F)(F)C(=O)O. The van der Waals surface area contributed by atoms with Gasteiger partial charge < -0.3 is 10.4 Å². The molecule has 84 valence electrons. The van der Waals surface area contributed by atoms with Gasteiger partial charge in [-0.05, 0) is 13.3 Å². The number of rotatable bonds is 7. The van der Waals surface area contributed by atoms with Crippen molar-refractivity contribution in [3.05, 3.63) is 0 Å². The van der Waals surface area contributed by atoms with Gasteiger partial charge in [0.15, 0.2) is 0 Å². The molecule has 1 unspecified atom stereocenters.